The lowest BCUT2D eigenvalue weighted by molar-refractivity contribution is 0.412. The van der Waals surface area contributed by atoms with Crippen molar-refractivity contribution in [2.45, 2.75) is 25.9 Å². The Labute approximate surface area is 115 Å². The minimum Gasteiger partial charge on any atom is -0.497 e. The Morgan fingerprint density at radius 2 is 1.47 bits per heavy atom. The quantitative estimate of drug-likeness (QED) is 0.868. The first-order valence-electron chi connectivity index (χ1n) is 6.65. The van der Waals surface area contributed by atoms with Gasteiger partial charge in [0.2, 0.25) is 0 Å². The number of ether oxygens (including phenoxy) is 1. The monoisotopic (exact) mass is 255 g/mol. The van der Waals surface area contributed by atoms with Gasteiger partial charge in [0.15, 0.2) is 0 Å². The van der Waals surface area contributed by atoms with Crippen LogP contribution in [0.2, 0.25) is 0 Å². The summed E-state index contributed by atoms with van der Waals surface area (Å²) in [6.07, 6.45) is 0. The fourth-order valence-corrected chi connectivity index (χ4v) is 2.22. The third-order valence-electron chi connectivity index (χ3n) is 3.39. The number of rotatable bonds is 5. The van der Waals surface area contributed by atoms with Gasteiger partial charge >= 0.3 is 0 Å². The maximum absolute atomic E-state index is 5.27. The molecule has 0 aromatic heterocycles. The molecule has 0 fully saturated rings. The molecule has 2 rings (SSSR count). The highest BCUT2D eigenvalue weighted by atomic mass is 16.5. The van der Waals surface area contributed by atoms with Crippen molar-refractivity contribution in [2.75, 3.05) is 7.11 Å². The number of nitrogens with one attached hydrogen (secondary N) is 1. The van der Waals surface area contributed by atoms with E-state index in [1.54, 1.807) is 7.11 Å². The summed E-state index contributed by atoms with van der Waals surface area (Å²) < 4.78 is 5.27. The van der Waals surface area contributed by atoms with Crippen LogP contribution in [0.15, 0.2) is 54.6 Å². The molecule has 2 nitrogen and oxygen atoms in total. The van der Waals surface area contributed by atoms with Gasteiger partial charge in [-0.1, -0.05) is 42.5 Å². The molecule has 0 saturated carbocycles. The van der Waals surface area contributed by atoms with Crippen molar-refractivity contribution in [3.8, 4) is 5.75 Å². The third kappa shape index (κ3) is 3.58. The summed E-state index contributed by atoms with van der Waals surface area (Å²) in [7, 11) is 1.70. The van der Waals surface area contributed by atoms with Crippen LogP contribution >= 0.6 is 0 Å². The molecule has 0 aliphatic heterocycles. The van der Waals surface area contributed by atoms with Crippen molar-refractivity contribution in [2.24, 2.45) is 0 Å². The Bertz CT molecular complexity index is 510. The van der Waals surface area contributed by atoms with Crippen molar-refractivity contribution in [3.63, 3.8) is 0 Å². The largest absolute Gasteiger partial charge is 0.497 e. The smallest absolute Gasteiger partial charge is 0.119 e. The van der Waals surface area contributed by atoms with E-state index in [0.29, 0.717) is 6.04 Å². The molecular formula is C17H21NO. The molecule has 0 bridgehead atoms. The zero-order valence-electron chi connectivity index (χ0n) is 11.8. The van der Waals surface area contributed by atoms with Gasteiger partial charge in [-0.3, -0.25) is 0 Å². The number of methoxy groups -OCH3 is 1. The van der Waals surface area contributed by atoms with Gasteiger partial charge in [0.25, 0.3) is 0 Å². The average Bonchev–Trinajstić information content (AvgIpc) is 2.48. The standard InChI is InChI=1S/C17H21NO/c1-13(15-8-5-4-6-9-15)18-14(2)16-10-7-11-17(12-16)19-3/h4-14,18H,1-3H3/t13-,14?/m0/s1. The second kappa shape index (κ2) is 6.39. The molecule has 0 amide bonds. The first kappa shape index (κ1) is 13.6. The summed E-state index contributed by atoms with van der Waals surface area (Å²) in [5, 5.41) is 3.61. The van der Waals surface area contributed by atoms with Crippen LogP contribution in [0.3, 0.4) is 0 Å². The van der Waals surface area contributed by atoms with E-state index < -0.39 is 0 Å². The van der Waals surface area contributed by atoms with E-state index >= 15 is 0 Å². The summed E-state index contributed by atoms with van der Waals surface area (Å²) >= 11 is 0. The maximum Gasteiger partial charge on any atom is 0.119 e. The lowest BCUT2D eigenvalue weighted by atomic mass is 10.0. The number of benzene rings is 2. The van der Waals surface area contributed by atoms with Gasteiger partial charge in [0, 0.05) is 12.1 Å². The number of hydrogen-bond donors (Lipinski definition) is 1. The van der Waals surface area contributed by atoms with E-state index in [4.69, 9.17) is 4.74 Å². The fraction of sp³-hybridized carbons (Fsp3) is 0.294. The normalized spacial score (nSPS) is 13.8. The average molecular weight is 255 g/mol. The fourth-order valence-electron chi connectivity index (χ4n) is 2.22. The van der Waals surface area contributed by atoms with Gasteiger partial charge in [0.05, 0.1) is 7.11 Å². The molecular weight excluding hydrogens is 234 g/mol. The predicted octanol–water partition coefficient (Wildman–Crippen LogP) is 4.11. The first-order chi connectivity index (χ1) is 9.20. The molecule has 2 atom stereocenters. The van der Waals surface area contributed by atoms with Crippen LogP contribution in [0.4, 0.5) is 0 Å². The topological polar surface area (TPSA) is 21.3 Å². The summed E-state index contributed by atoms with van der Waals surface area (Å²) in [6.45, 7) is 4.36. The van der Waals surface area contributed by atoms with Gasteiger partial charge in [-0.15, -0.1) is 0 Å². The van der Waals surface area contributed by atoms with E-state index in [-0.39, 0.29) is 6.04 Å². The third-order valence-corrected chi connectivity index (χ3v) is 3.39. The Morgan fingerprint density at radius 3 is 2.16 bits per heavy atom. The van der Waals surface area contributed by atoms with E-state index in [9.17, 15) is 0 Å². The Morgan fingerprint density at radius 1 is 0.842 bits per heavy atom. The van der Waals surface area contributed by atoms with Crippen LogP contribution < -0.4 is 10.1 Å². The van der Waals surface area contributed by atoms with Gasteiger partial charge in [-0.05, 0) is 37.1 Å². The Hall–Kier alpha value is -1.80. The predicted molar refractivity (Wildman–Crippen MR) is 79.4 cm³/mol. The van der Waals surface area contributed by atoms with E-state index in [1.165, 1.54) is 11.1 Å². The number of hydrogen-bond acceptors (Lipinski definition) is 2. The Balaban J connectivity index is 2.06. The molecule has 1 unspecified atom stereocenters. The Kier molecular flexibility index (Phi) is 4.58. The molecule has 0 aliphatic rings. The van der Waals surface area contributed by atoms with Crippen LogP contribution in [0.1, 0.15) is 37.1 Å². The van der Waals surface area contributed by atoms with E-state index in [1.807, 2.05) is 18.2 Å². The summed E-state index contributed by atoms with van der Waals surface area (Å²) in [5.74, 6) is 0.901. The molecule has 0 radical (unpaired) electrons. The minimum atomic E-state index is 0.283. The highest BCUT2D eigenvalue weighted by Gasteiger charge is 2.11. The lowest BCUT2D eigenvalue weighted by Gasteiger charge is -2.21. The van der Waals surface area contributed by atoms with Crippen molar-refractivity contribution in [1.29, 1.82) is 0 Å². The van der Waals surface area contributed by atoms with Crippen molar-refractivity contribution in [3.05, 3.63) is 65.7 Å². The summed E-state index contributed by atoms with van der Waals surface area (Å²) in [4.78, 5) is 0. The highest BCUT2D eigenvalue weighted by Crippen LogP contribution is 2.22. The van der Waals surface area contributed by atoms with Crippen molar-refractivity contribution >= 4 is 0 Å². The lowest BCUT2D eigenvalue weighted by Crippen LogP contribution is -2.22. The second-order valence-corrected chi connectivity index (χ2v) is 4.80. The molecule has 0 heterocycles. The van der Waals surface area contributed by atoms with Crippen LogP contribution in [-0.4, -0.2) is 7.11 Å². The molecule has 1 N–H and O–H groups in total. The maximum atomic E-state index is 5.27. The van der Waals surface area contributed by atoms with Crippen LogP contribution in [0, 0.1) is 0 Å². The van der Waals surface area contributed by atoms with Gasteiger partial charge < -0.3 is 10.1 Å². The van der Waals surface area contributed by atoms with E-state index in [2.05, 4.69) is 55.6 Å². The van der Waals surface area contributed by atoms with Gasteiger partial charge in [0.1, 0.15) is 5.75 Å². The first-order valence-corrected chi connectivity index (χ1v) is 6.65. The molecule has 0 spiro atoms. The second-order valence-electron chi connectivity index (χ2n) is 4.80. The molecule has 19 heavy (non-hydrogen) atoms. The zero-order chi connectivity index (χ0) is 13.7. The van der Waals surface area contributed by atoms with Crippen LogP contribution in [-0.2, 0) is 0 Å². The van der Waals surface area contributed by atoms with Crippen molar-refractivity contribution < 1.29 is 4.74 Å². The van der Waals surface area contributed by atoms with Crippen LogP contribution in [0.5, 0.6) is 5.75 Å². The molecule has 2 aromatic rings. The molecule has 2 heteroatoms. The minimum absolute atomic E-state index is 0.283. The zero-order valence-corrected chi connectivity index (χ0v) is 11.8. The SMILES string of the molecule is COc1cccc(C(C)N[C@@H](C)c2ccccc2)c1. The van der Waals surface area contributed by atoms with Gasteiger partial charge in [-0.2, -0.15) is 0 Å². The summed E-state index contributed by atoms with van der Waals surface area (Å²) in [6, 6.07) is 19.3. The molecule has 100 valence electrons. The van der Waals surface area contributed by atoms with Crippen molar-refractivity contribution in [1.82, 2.24) is 5.32 Å². The molecule has 0 aliphatic carbocycles. The molecule has 0 saturated heterocycles. The summed E-state index contributed by atoms with van der Waals surface area (Å²) in [5.41, 5.74) is 2.54. The molecule has 2 aromatic carbocycles. The van der Waals surface area contributed by atoms with Crippen LogP contribution in [0.25, 0.3) is 0 Å². The van der Waals surface area contributed by atoms with E-state index in [0.717, 1.165) is 5.75 Å². The highest BCUT2D eigenvalue weighted by molar-refractivity contribution is 5.30. The van der Waals surface area contributed by atoms with Gasteiger partial charge in [-0.25, -0.2) is 0 Å².